The summed E-state index contributed by atoms with van der Waals surface area (Å²) in [5.74, 6) is 0.577. The van der Waals surface area contributed by atoms with Gasteiger partial charge in [-0.3, -0.25) is 4.79 Å². The molecule has 0 saturated carbocycles. The molecule has 1 N–H and O–H groups in total. The average molecular weight is 456 g/mol. The minimum absolute atomic E-state index is 0.195. The monoisotopic (exact) mass is 455 g/mol. The van der Waals surface area contributed by atoms with Crippen molar-refractivity contribution in [2.24, 2.45) is 0 Å². The molecule has 2 heterocycles. The maximum Gasteiger partial charge on any atom is 0.272 e. The molecule has 1 aliphatic rings. The molecule has 4 rings (SSSR count). The molecule has 1 aliphatic heterocycles. The molecular formula is C22H22BrN3O3. The van der Waals surface area contributed by atoms with E-state index >= 15 is 0 Å². The zero-order chi connectivity index (χ0) is 20.3. The minimum atomic E-state index is -0.469. The third-order valence-electron chi connectivity index (χ3n) is 5.24. The fourth-order valence-electron chi connectivity index (χ4n) is 3.60. The SMILES string of the molecule is COc1ccc(-n2ccc(C(=O)NC3(c4cccc(Br)c4)CCOCC3)n2)cc1. The number of hydrogen-bond donors (Lipinski definition) is 1. The Morgan fingerprint density at radius 1 is 1.17 bits per heavy atom. The summed E-state index contributed by atoms with van der Waals surface area (Å²) in [5, 5.41) is 7.71. The van der Waals surface area contributed by atoms with Gasteiger partial charge in [0.1, 0.15) is 5.75 Å². The molecule has 150 valence electrons. The summed E-state index contributed by atoms with van der Waals surface area (Å²) >= 11 is 3.53. The summed E-state index contributed by atoms with van der Waals surface area (Å²) in [6.07, 6.45) is 3.22. The molecule has 0 radical (unpaired) electrons. The molecule has 3 aromatic rings. The molecule has 0 spiro atoms. The second-order valence-corrected chi connectivity index (χ2v) is 7.92. The molecule has 1 amide bonds. The lowest BCUT2D eigenvalue weighted by atomic mass is 9.82. The van der Waals surface area contributed by atoms with Gasteiger partial charge in [0.05, 0.1) is 18.3 Å². The first-order valence-electron chi connectivity index (χ1n) is 9.46. The Hall–Kier alpha value is -2.64. The van der Waals surface area contributed by atoms with E-state index in [0.717, 1.165) is 21.5 Å². The first kappa shape index (κ1) is 19.7. The van der Waals surface area contributed by atoms with E-state index in [4.69, 9.17) is 9.47 Å². The summed E-state index contributed by atoms with van der Waals surface area (Å²) in [6.45, 7) is 1.21. The standard InChI is InChI=1S/C22H22BrN3O3/c1-28-19-7-5-18(6-8-19)26-12-9-20(25-26)21(27)24-22(10-13-29-14-11-22)16-3-2-4-17(23)15-16/h2-9,12,15H,10-11,13-14H2,1H3,(H,24,27). The van der Waals surface area contributed by atoms with Crippen LogP contribution in [0.3, 0.4) is 0 Å². The van der Waals surface area contributed by atoms with Crippen LogP contribution in [0, 0.1) is 0 Å². The fraction of sp³-hybridized carbons (Fsp3) is 0.273. The second-order valence-electron chi connectivity index (χ2n) is 7.00. The third kappa shape index (κ3) is 4.21. The highest BCUT2D eigenvalue weighted by atomic mass is 79.9. The molecule has 0 unspecified atom stereocenters. The van der Waals surface area contributed by atoms with Crippen molar-refractivity contribution in [2.75, 3.05) is 20.3 Å². The Bertz CT molecular complexity index is 995. The van der Waals surface area contributed by atoms with Gasteiger partial charge in [0.2, 0.25) is 0 Å². The predicted molar refractivity (Wildman–Crippen MR) is 113 cm³/mol. The second kappa shape index (κ2) is 8.39. The fourth-order valence-corrected chi connectivity index (χ4v) is 4.00. The molecule has 1 aromatic heterocycles. The normalized spacial score (nSPS) is 15.7. The highest BCUT2D eigenvalue weighted by molar-refractivity contribution is 9.10. The molecule has 2 aromatic carbocycles. The molecule has 7 heteroatoms. The molecule has 0 aliphatic carbocycles. The number of benzene rings is 2. The van der Waals surface area contributed by atoms with Crippen LogP contribution in [0.2, 0.25) is 0 Å². The van der Waals surface area contributed by atoms with E-state index in [1.165, 1.54) is 0 Å². The van der Waals surface area contributed by atoms with Gasteiger partial charge >= 0.3 is 0 Å². The van der Waals surface area contributed by atoms with Crippen LogP contribution in [-0.2, 0) is 10.3 Å². The number of rotatable bonds is 5. The summed E-state index contributed by atoms with van der Waals surface area (Å²) in [4.78, 5) is 13.1. The van der Waals surface area contributed by atoms with Crippen LogP contribution in [0.25, 0.3) is 5.69 Å². The number of carbonyl (C=O) groups is 1. The molecule has 1 saturated heterocycles. The number of halogens is 1. The smallest absolute Gasteiger partial charge is 0.272 e. The van der Waals surface area contributed by atoms with Crippen LogP contribution >= 0.6 is 15.9 Å². The van der Waals surface area contributed by atoms with E-state index in [1.54, 1.807) is 24.1 Å². The maximum atomic E-state index is 13.1. The van der Waals surface area contributed by atoms with Crippen LogP contribution in [0.4, 0.5) is 0 Å². The number of carbonyl (C=O) groups excluding carboxylic acids is 1. The van der Waals surface area contributed by atoms with Gasteiger partial charge in [-0.25, -0.2) is 4.68 Å². The number of nitrogens with zero attached hydrogens (tertiary/aromatic N) is 2. The molecule has 0 atom stereocenters. The van der Waals surface area contributed by atoms with E-state index in [0.29, 0.717) is 31.7 Å². The summed E-state index contributed by atoms with van der Waals surface area (Å²) in [5.41, 5.74) is 1.83. The maximum absolute atomic E-state index is 13.1. The van der Waals surface area contributed by atoms with E-state index in [-0.39, 0.29) is 5.91 Å². The van der Waals surface area contributed by atoms with E-state index in [9.17, 15) is 4.79 Å². The van der Waals surface area contributed by atoms with Crippen LogP contribution in [0.15, 0.2) is 65.3 Å². The van der Waals surface area contributed by atoms with Crippen LogP contribution in [0.1, 0.15) is 28.9 Å². The van der Waals surface area contributed by atoms with Crippen molar-refractivity contribution in [1.82, 2.24) is 15.1 Å². The molecule has 6 nitrogen and oxygen atoms in total. The molecule has 0 bridgehead atoms. The van der Waals surface area contributed by atoms with Crippen molar-refractivity contribution in [3.05, 3.63) is 76.5 Å². The van der Waals surface area contributed by atoms with Gasteiger partial charge in [-0.05, 0) is 60.9 Å². The molecular weight excluding hydrogens is 434 g/mol. The predicted octanol–water partition coefficient (Wildman–Crippen LogP) is 4.08. The van der Waals surface area contributed by atoms with Gasteiger partial charge in [0.15, 0.2) is 5.69 Å². The summed E-state index contributed by atoms with van der Waals surface area (Å²) < 4.78 is 13.4. The van der Waals surface area contributed by atoms with Crippen molar-refractivity contribution >= 4 is 21.8 Å². The number of hydrogen-bond acceptors (Lipinski definition) is 4. The van der Waals surface area contributed by atoms with E-state index in [1.807, 2.05) is 42.5 Å². The topological polar surface area (TPSA) is 65.4 Å². The van der Waals surface area contributed by atoms with Gasteiger partial charge in [-0.1, -0.05) is 28.1 Å². The Labute approximate surface area is 178 Å². The first-order valence-corrected chi connectivity index (χ1v) is 10.3. The summed E-state index contributed by atoms with van der Waals surface area (Å²) in [6, 6.07) is 17.3. The quantitative estimate of drug-likeness (QED) is 0.629. The van der Waals surface area contributed by atoms with Gasteiger partial charge in [-0.15, -0.1) is 0 Å². The number of methoxy groups -OCH3 is 1. The van der Waals surface area contributed by atoms with E-state index in [2.05, 4.69) is 32.4 Å². The van der Waals surface area contributed by atoms with Crippen molar-refractivity contribution in [3.8, 4) is 11.4 Å². The van der Waals surface area contributed by atoms with Crippen molar-refractivity contribution in [3.63, 3.8) is 0 Å². The average Bonchev–Trinajstić information content (AvgIpc) is 3.25. The Balaban J connectivity index is 1.57. The zero-order valence-corrected chi connectivity index (χ0v) is 17.7. The van der Waals surface area contributed by atoms with Crippen molar-refractivity contribution in [2.45, 2.75) is 18.4 Å². The highest BCUT2D eigenvalue weighted by Gasteiger charge is 2.36. The van der Waals surface area contributed by atoms with Crippen LogP contribution in [-0.4, -0.2) is 36.0 Å². The minimum Gasteiger partial charge on any atom is -0.497 e. The lowest BCUT2D eigenvalue weighted by Gasteiger charge is -2.38. The van der Waals surface area contributed by atoms with Gasteiger partial charge in [0, 0.05) is 23.9 Å². The highest BCUT2D eigenvalue weighted by Crippen LogP contribution is 2.33. The van der Waals surface area contributed by atoms with Gasteiger partial charge in [-0.2, -0.15) is 5.10 Å². The zero-order valence-electron chi connectivity index (χ0n) is 16.1. The third-order valence-corrected chi connectivity index (χ3v) is 5.73. The van der Waals surface area contributed by atoms with Crippen LogP contribution < -0.4 is 10.1 Å². The first-order chi connectivity index (χ1) is 14.1. The lowest BCUT2D eigenvalue weighted by Crippen LogP contribution is -2.49. The Kier molecular flexibility index (Phi) is 5.69. The Morgan fingerprint density at radius 2 is 1.93 bits per heavy atom. The number of amides is 1. The van der Waals surface area contributed by atoms with Gasteiger partial charge < -0.3 is 14.8 Å². The number of ether oxygens (including phenoxy) is 2. The Morgan fingerprint density at radius 3 is 2.62 bits per heavy atom. The molecule has 29 heavy (non-hydrogen) atoms. The summed E-state index contributed by atoms with van der Waals surface area (Å²) in [7, 11) is 1.63. The van der Waals surface area contributed by atoms with E-state index < -0.39 is 5.54 Å². The van der Waals surface area contributed by atoms with Crippen molar-refractivity contribution in [1.29, 1.82) is 0 Å². The van der Waals surface area contributed by atoms with Crippen LogP contribution in [0.5, 0.6) is 5.75 Å². The van der Waals surface area contributed by atoms with Gasteiger partial charge in [0.25, 0.3) is 5.91 Å². The molecule has 1 fully saturated rings. The number of aromatic nitrogens is 2. The lowest BCUT2D eigenvalue weighted by molar-refractivity contribution is 0.0343. The largest absolute Gasteiger partial charge is 0.497 e. The number of nitrogens with one attached hydrogen (secondary N) is 1. The van der Waals surface area contributed by atoms with Crippen molar-refractivity contribution < 1.29 is 14.3 Å².